The van der Waals surface area contributed by atoms with Crippen molar-refractivity contribution in [2.24, 2.45) is 5.41 Å². The van der Waals surface area contributed by atoms with Crippen LogP contribution in [-0.2, 0) is 25.5 Å². The van der Waals surface area contributed by atoms with E-state index in [1.165, 1.54) is 0 Å². The number of hydrogen-bond donors (Lipinski definition) is 1. The first-order valence-corrected chi connectivity index (χ1v) is 10.6. The van der Waals surface area contributed by atoms with Crippen molar-refractivity contribution in [3.63, 3.8) is 0 Å². The second-order valence-corrected chi connectivity index (χ2v) is 8.31. The van der Waals surface area contributed by atoms with Crippen LogP contribution in [0.2, 0.25) is 0 Å². The summed E-state index contributed by atoms with van der Waals surface area (Å²) in [6, 6.07) is 7.26. The number of ether oxygens (including phenoxy) is 2. The monoisotopic (exact) mass is 415 g/mol. The first kappa shape index (κ1) is 20.7. The highest BCUT2D eigenvalue weighted by molar-refractivity contribution is 5.89. The van der Waals surface area contributed by atoms with Crippen molar-refractivity contribution in [1.82, 2.24) is 15.1 Å². The van der Waals surface area contributed by atoms with Crippen molar-refractivity contribution >= 4 is 17.7 Å². The summed E-state index contributed by atoms with van der Waals surface area (Å²) in [4.78, 5) is 42.4. The molecule has 1 N–H and O–H groups in total. The summed E-state index contributed by atoms with van der Waals surface area (Å²) >= 11 is 0. The van der Waals surface area contributed by atoms with Gasteiger partial charge in [-0.2, -0.15) is 0 Å². The number of rotatable bonds is 4. The van der Waals surface area contributed by atoms with Gasteiger partial charge < -0.3 is 24.6 Å². The van der Waals surface area contributed by atoms with Gasteiger partial charge in [0.1, 0.15) is 5.75 Å². The molecule has 0 saturated carbocycles. The maximum absolute atomic E-state index is 13.6. The Bertz CT molecular complexity index is 823. The number of carbonyl (C=O) groups is 3. The van der Waals surface area contributed by atoms with Gasteiger partial charge in [0, 0.05) is 38.6 Å². The van der Waals surface area contributed by atoms with Gasteiger partial charge in [-0.05, 0) is 30.5 Å². The smallest absolute Gasteiger partial charge is 0.232 e. The van der Waals surface area contributed by atoms with Crippen LogP contribution in [0, 0.1) is 5.41 Å². The van der Waals surface area contributed by atoms with Crippen LogP contribution in [-0.4, -0.2) is 80.1 Å². The van der Waals surface area contributed by atoms with Gasteiger partial charge in [-0.3, -0.25) is 14.4 Å². The van der Waals surface area contributed by atoms with Crippen LogP contribution in [0.5, 0.6) is 5.75 Å². The lowest BCUT2D eigenvalue weighted by Crippen LogP contribution is -2.68. The second kappa shape index (κ2) is 8.63. The predicted molar refractivity (Wildman–Crippen MR) is 109 cm³/mol. The van der Waals surface area contributed by atoms with Crippen LogP contribution in [0.15, 0.2) is 24.3 Å². The van der Waals surface area contributed by atoms with Gasteiger partial charge in [-0.25, -0.2) is 0 Å². The van der Waals surface area contributed by atoms with Gasteiger partial charge in [0.25, 0.3) is 0 Å². The number of benzene rings is 1. The lowest BCUT2D eigenvalue weighted by molar-refractivity contribution is -0.159. The molecule has 0 bridgehead atoms. The Labute approximate surface area is 176 Å². The first-order valence-electron chi connectivity index (χ1n) is 10.6. The summed E-state index contributed by atoms with van der Waals surface area (Å²) in [5, 5.41) is 3.03. The van der Waals surface area contributed by atoms with Gasteiger partial charge in [-0.1, -0.05) is 12.1 Å². The van der Waals surface area contributed by atoms with Crippen molar-refractivity contribution in [3.8, 4) is 5.75 Å². The molecule has 0 aliphatic carbocycles. The third kappa shape index (κ3) is 4.01. The summed E-state index contributed by atoms with van der Waals surface area (Å²) < 4.78 is 10.6. The first-order chi connectivity index (χ1) is 14.5. The summed E-state index contributed by atoms with van der Waals surface area (Å²) in [6.45, 7) is 3.04. The van der Waals surface area contributed by atoms with Crippen molar-refractivity contribution in [1.29, 1.82) is 0 Å². The van der Waals surface area contributed by atoms with Crippen LogP contribution < -0.4 is 10.1 Å². The van der Waals surface area contributed by atoms with Crippen molar-refractivity contribution in [2.45, 2.75) is 31.7 Å². The van der Waals surface area contributed by atoms with E-state index in [0.29, 0.717) is 64.4 Å². The van der Waals surface area contributed by atoms with Crippen LogP contribution in [0.25, 0.3) is 0 Å². The SMILES string of the molecule is COc1cccc(CC(=O)N2CC[C@H]3NC(=O)CC[C@]3(C(=O)N3CCOCC3)C2)c1. The lowest BCUT2D eigenvalue weighted by Gasteiger charge is -2.51. The summed E-state index contributed by atoms with van der Waals surface area (Å²) in [5.74, 6) is 0.733. The van der Waals surface area contributed by atoms with Crippen molar-refractivity contribution in [3.05, 3.63) is 29.8 Å². The Balaban J connectivity index is 1.53. The molecule has 3 aliphatic heterocycles. The molecule has 3 aliphatic rings. The zero-order valence-electron chi connectivity index (χ0n) is 17.4. The fourth-order valence-electron chi connectivity index (χ4n) is 4.84. The number of piperidine rings is 2. The molecule has 0 radical (unpaired) electrons. The Morgan fingerprint density at radius 3 is 2.80 bits per heavy atom. The molecule has 0 aromatic heterocycles. The molecule has 4 rings (SSSR count). The van der Waals surface area contributed by atoms with E-state index in [1.54, 1.807) is 12.0 Å². The lowest BCUT2D eigenvalue weighted by atomic mass is 9.68. The fourth-order valence-corrected chi connectivity index (χ4v) is 4.84. The van der Waals surface area contributed by atoms with E-state index in [-0.39, 0.29) is 30.2 Å². The average Bonchev–Trinajstić information content (AvgIpc) is 2.79. The van der Waals surface area contributed by atoms with E-state index < -0.39 is 5.41 Å². The van der Waals surface area contributed by atoms with Crippen molar-refractivity contribution in [2.75, 3.05) is 46.5 Å². The molecule has 30 heavy (non-hydrogen) atoms. The van der Waals surface area contributed by atoms with Crippen LogP contribution in [0.3, 0.4) is 0 Å². The molecule has 0 spiro atoms. The maximum Gasteiger partial charge on any atom is 0.232 e. The molecule has 3 heterocycles. The minimum atomic E-state index is -0.756. The van der Waals surface area contributed by atoms with Gasteiger partial charge >= 0.3 is 0 Å². The van der Waals surface area contributed by atoms with E-state index in [9.17, 15) is 14.4 Å². The molecule has 1 aromatic carbocycles. The van der Waals surface area contributed by atoms with Crippen LogP contribution in [0.4, 0.5) is 0 Å². The molecule has 3 fully saturated rings. The average molecular weight is 415 g/mol. The Morgan fingerprint density at radius 2 is 2.03 bits per heavy atom. The number of morpholine rings is 1. The zero-order valence-corrected chi connectivity index (χ0v) is 17.4. The Morgan fingerprint density at radius 1 is 1.23 bits per heavy atom. The van der Waals surface area contributed by atoms with E-state index >= 15 is 0 Å². The van der Waals surface area contributed by atoms with E-state index in [2.05, 4.69) is 5.32 Å². The maximum atomic E-state index is 13.6. The second-order valence-electron chi connectivity index (χ2n) is 8.31. The molecule has 1 aromatic rings. The molecule has 8 nitrogen and oxygen atoms in total. The van der Waals surface area contributed by atoms with Gasteiger partial charge in [0.05, 0.1) is 32.2 Å². The number of likely N-dealkylation sites (tertiary alicyclic amines) is 1. The van der Waals surface area contributed by atoms with E-state index in [4.69, 9.17) is 9.47 Å². The quantitative estimate of drug-likeness (QED) is 0.778. The molecule has 0 unspecified atom stereocenters. The van der Waals surface area contributed by atoms with Crippen LogP contribution >= 0.6 is 0 Å². The van der Waals surface area contributed by atoms with Crippen LogP contribution in [0.1, 0.15) is 24.8 Å². The van der Waals surface area contributed by atoms with Gasteiger partial charge in [-0.15, -0.1) is 0 Å². The molecule has 2 atom stereocenters. The number of carbonyl (C=O) groups excluding carboxylic acids is 3. The topological polar surface area (TPSA) is 88.2 Å². The fraction of sp³-hybridized carbons (Fsp3) is 0.591. The summed E-state index contributed by atoms with van der Waals surface area (Å²) in [5.41, 5.74) is 0.125. The molecular weight excluding hydrogens is 386 g/mol. The van der Waals surface area contributed by atoms with Gasteiger partial charge in [0.2, 0.25) is 17.7 Å². The third-order valence-corrected chi connectivity index (χ3v) is 6.53. The molecule has 3 amide bonds. The van der Waals surface area contributed by atoms with E-state index in [0.717, 1.165) is 5.56 Å². The largest absolute Gasteiger partial charge is 0.497 e. The van der Waals surface area contributed by atoms with Gasteiger partial charge in [0.15, 0.2) is 0 Å². The van der Waals surface area contributed by atoms with E-state index in [1.807, 2.05) is 29.2 Å². The highest BCUT2D eigenvalue weighted by Crippen LogP contribution is 2.40. The number of fused-ring (bicyclic) bond motifs is 1. The molecule has 3 saturated heterocycles. The highest BCUT2D eigenvalue weighted by atomic mass is 16.5. The number of hydrogen-bond acceptors (Lipinski definition) is 5. The minimum Gasteiger partial charge on any atom is -0.497 e. The Hall–Kier alpha value is -2.61. The standard InChI is InChI=1S/C22H29N3O5/c1-29-17-4-2-3-16(13-17)14-20(27)25-8-6-18-22(15-25,7-5-19(26)23-18)21(28)24-9-11-30-12-10-24/h2-4,13,18H,5-12,14-15H2,1H3,(H,23,26)/t18-,22+/m1/s1. The predicted octanol–water partition coefficient (Wildman–Crippen LogP) is 0.594. The molecular formula is C22H29N3O5. The number of amides is 3. The molecule has 162 valence electrons. The molecule has 8 heteroatoms. The number of methoxy groups -OCH3 is 1. The minimum absolute atomic E-state index is 0.00671. The summed E-state index contributed by atoms with van der Waals surface area (Å²) in [7, 11) is 1.60. The third-order valence-electron chi connectivity index (χ3n) is 6.53. The summed E-state index contributed by atoms with van der Waals surface area (Å²) in [6.07, 6.45) is 1.63. The normalized spacial score (nSPS) is 26.6. The highest BCUT2D eigenvalue weighted by Gasteiger charge is 2.54. The number of nitrogens with one attached hydrogen (secondary N) is 1. The zero-order chi connectivity index (χ0) is 21.1. The van der Waals surface area contributed by atoms with Crippen molar-refractivity contribution < 1.29 is 23.9 Å². The number of nitrogens with zero attached hydrogens (tertiary/aromatic N) is 2. The Kier molecular flexibility index (Phi) is 5.94.